The minimum atomic E-state index is 0.453. The summed E-state index contributed by atoms with van der Waals surface area (Å²) in [6.45, 7) is 5.94. The molecule has 84 valence electrons. The molecule has 0 saturated carbocycles. The van der Waals surface area contributed by atoms with Crippen molar-refractivity contribution in [2.24, 2.45) is 0 Å². The predicted octanol–water partition coefficient (Wildman–Crippen LogP) is 2.49. The lowest BCUT2D eigenvalue weighted by Gasteiger charge is -2.04. The Morgan fingerprint density at radius 1 is 1.25 bits per heavy atom. The molecule has 0 radical (unpaired) electrons. The lowest BCUT2D eigenvalue weighted by molar-refractivity contribution is 0.763. The van der Waals surface area contributed by atoms with Gasteiger partial charge in [0, 0.05) is 11.4 Å². The van der Waals surface area contributed by atoms with Gasteiger partial charge in [0.1, 0.15) is 5.15 Å². The largest absolute Gasteiger partial charge is 0.252 e. The molecule has 0 fully saturated rings. The van der Waals surface area contributed by atoms with Gasteiger partial charge in [0.25, 0.3) is 5.95 Å². The average molecular weight is 237 g/mol. The summed E-state index contributed by atoms with van der Waals surface area (Å²) >= 11 is 5.95. The van der Waals surface area contributed by atoms with E-state index in [1.807, 2.05) is 26.8 Å². The highest BCUT2D eigenvalue weighted by molar-refractivity contribution is 6.29. The minimum Gasteiger partial charge on any atom is -0.216 e. The first-order chi connectivity index (χ1) is 7.60. The number of hydrogen-bond donors (Lipinski definition) is 0. The van der Waals surface area contributed by atoms with Crippen LogP contribution in [0.2, 0.25) is 5.15 Å². The van der Waals surface area contributed by atoms with E-state index in [1.165, 1.54) is 0 Å². The van der Waals surface area contributed by atoms with Crippen molar-refractivity contribution in [2.45, 2.75) is 27.2 Å². The molecule has 2 aromatic rings. The van der Waals surface area contributed by atoms with Crippen molar-refractivity contribution < 1.29 is 0 Å². The maximum Gasteiger partial charge on any atom is 0.252 e. The van der Waals surface area contributed by atoms with Crippen LogP contribution >= 0.6 is 11.6 Å². The van der Waals surface area contributed by atoms with Crippen LogP contribution in [-0.2, 0) is 6.42 Å². The number of aryl methyl sites for hydroxylation is 3. The second kappa shape index (κ2) is 4.22. The summed E-state index contributed by atoms with van der Waals surface area (Å²) in [7, 11) is 0. The normalized spacial score (nSPS) is 10.8. The lowest BCUT2D eigenvalue weighted by atomic mass is 10.3. The molecule has 2 aromatic heterocycles. The van der Waals surface area contributed by atoms with Gasteiger partial charge in [-0.25, -0.2) is 9.67 Å². The fourth-order valence-electron chi connectivity index (χ4n) is 1.56. The predicted molar refractivity (Wildman–Crippen MR) is 63.0 cm³/mol. The van der Waals surface area contributed by atoms with Crippen molar-refractivity contribution in [1.82, 2.24) is 19.7 Å². The quantitative estimate of drug-likeness (QED) is 0.753. The van der Waals surface area contributed by atoms with Crippen LogP contribution < -0.4 is 0 Å². The van der Waals surface area contributed by atoms with Gasteiger partial charge in [-0.05, 0) is 32.4 Å². The molecule has 0 spiro atoms. The molecule has 0 aliphatic heterocycles. The summed E-state index contributed by atoms with van der Waals surface area (Å²) in [5, 5.41) is 4.78. The Labute approximate surface area is 99.3 Å². The van der Waals surface area contributed by atoms with Gasteiger partial charge in [0.15, 0.2) is 0 Å². The number of halogens is 1. The number of hydrogen-bond acceptors (Lipinski definition) is 3. The van der Waals surface area contributed by atoms with Gasteiger partial charge in [-0.15, -0.1) is 0 Å². The Morgan fingerprint density at radius 3 is 2.56 bits per heavy atom. The monoisotopic (exact) mass is 236 g/mol. The number of rotatable bonds is 2. The highest BCUT2D eigenvalue weighted by Gasteiger charge is 2.08. The zero-order valence-corrected chi connectivity index (χ0v) is 10.3. The lowest BCUT2D eigenvalue weighted by Crippen LogP contribution is -2.06. The van der Waals surface area contributed by atoms with Gasteiger partial charge in [-0.1, -0.05) is 18.5 Å². The minimum absolute atomic E-state index is 0.453. The second-order valence-corrected chi connectivity index (χ2v) is 4.06. The van der Waals surface area contributed by atoms with Gasteiger partial charge in [-0.2, -0.15) is 10.1 Å². The van der Waals surface area contributed by atoms with Gasteiger partial charge in [-0.3, -0.25) is 0 Å². The van der Waals surface area contributed by atoms with Gasteiger partial charge in [0.2, 0.25) is 0 Å². The number of aromatic nitrogens is 4. The van der Waals surface area contributed by atoms with Gasteiger partial charge in [0.05, 0.1) is 5.69 Å². The van der Waals surface area contributed by atoms with E-state index >= 15 is 0 Å². The Hall–Kier alpha value is -1.42. The van der Waals surface area contributed by atoms with E-state index in [2.05, 4.69) is 15.1 Å². The molecule has 16 heavy (non-hydrogen) atoms. The van der Waals surface area contributed by atoms with E-state index in [0.717, 1.165) is 23.5 Å². The topological polar surface area (TPSA) is 43.6 Å². The van der Waals surface area contributed by atoms with Crippen LogP contribution in [0.3, 0.4) is 0 Å². The fraction of sp³-hybridized carbons (Fsp3) is 0.364. The molecule has 0 bridgehead atoms. The van der Waals surface area contributed by atoms with Crippen molar-refractivity contribution in [1.29, 1.82) is 0 Å². The molecule has 0 aliphatic carbocycles. The summed E-state index contributed by atoms with van der Waals surface area (Å²) in [5.74, 6) is 0.537. The Morgan fingerprint density at radius 2 is 2.00 bits per heavy atom. The number of nitrogens with zero attached hydrogens (tertiary/aromatic N) is 4. The average Bonchev–Trinajstić information content (AvgIpc) is 2.57. The van der Waals surface area contributed by atoms with E-state index in [1.54, 1.807) is 10.7 Å². The molecule has 2 rings (SSSR count). The molecule has 4 nitrogen and oxygen atoms in total. The second-order valence-electron chi connectivity index (χ2n) is 3.67. The SMILES string of the molecule is CCc1cc(Cl)nc(-n2nc(C)cc2C)n1. The van der Waals surface area contributed by atoms with E-state index in [0.29, 0.717) is 11.1 Å². The first-order valence-electron chi connectivity index (χ1n) is 5.17. The third kappa shape index (κ3) is 2.07. The molecule has 0 aliphatic rings. The Balaban J connectivity index is 2.55. The first kappa shape index (κ1) is 11.1. The van der Waals surface area contributed by atoms with Crippen LogP contribution in [0.5, 0.6) is 0 Å². The van der Waals surface area contributed by atoms with Gasteiger partial charge >= 0.3 is 0 Å². The standard InChI is InChI=1S/C11H13ClN4/c1-4-9-6-10(12)14-11(13-9)16-8(3)5-7(2)15-16/h5-6H,4H2,1-3H3. The third-order valence-electron chi connectivity index (χ3n) is 2.30. The van der Waals surface area contributed by atoms with E-state index < -0.39 is 0 Å². The summed E-state index contributed by atoms with van der Waals surface area (Å²) in [4.78, 5) is 8.58. The molecule has 0 atom stereocenters. The van der Waals surface area contributed by atoms with Crippen molar-refractivity contribution in [3.05, 3.63) is 34.4 Å². The summed E-state index contributed by atoms with van der Waals surface area (Å²) in [6, 6.07) is 3.76. The van der Waals surface area contributed by atoms with Crippen LogP contribution in [-0.4, -0.2) is 19.7 Å². The van der Waals surface area contributed by atoms with E-state index in [4.69, 9.17) is 11.6 Å². The smallest absolute Gasteiger partial charge is 0.216 e. The van der Waals surface area contributed by atoms with Crippen molar-refractivity contribution in [3.63, 3.8) is 0 Å². The Bertz CT molecular complexity index is 519. The van der Waals surface area contributed by atoms with Crippen molar-refractivity contribution in [2.75, 3.05) is 0 Å². The molecule has 5 heteroatoms. The molecule has 2 heterocycles. The molecule has 0 aromatic carbocycles. The molecule has 0 amide bonds. The summed E-state index contributed by atoms with van der Waals surface area (Å²) in [6.07, 6.45) is 0.828. The van der Waals surface area contributed by atoms with Crippen LogP contribution in [0.15, 0.2) is 12.1 Å². The molecule has 0 saturated heterocycles. The van der Waals surface area contributed by atoms with Crippen LogP contribution in [0.4, 0.5) is 0 Å². The van der Waals surface area contributed by atoms with E-state index in [9.17, 15) is 0 Å². The zero-order valence-electron chi connectivity index (χ0n) is 9.53. The first-order valence-corrected chi connectivity index (χ1v) is 5.55. The van der Waals surface area contributed by atoms with Crippen LogP contribution in [0.25, 0.3) is 5.95 Å². The van der Waals surface area contributed by atoms with Gasteiger partial charge < -0.3 is 0 Å². The highest BCUT2D eigenvalue weighted by Crippen LogP contribution is 2.13. The van der Waals surface area contributed by atoms with Crippen molar-refractivity contribution >= 4 is 11.6 Å². The molecular formula is C11H13ClN4. The summed E-state index contributed by atoms with van der Waals surface area (Å²) in [5.41, 5.74) is 2.86. The van der Waals surface area contributed by atoms with Crippen LogP contribution in [0.1, 0.15) is 24.0 Å². The zero-order chi connectivity index (χ0) is 11.7. The van der Waals surface area contributed by atoms with Crippen molar-refractivity contribution in [3.8, 4) is 5.95 Å². The maximum atomic E-state index is 5.95. The maximum absolute atomic E-state index is 5.95. The molecule has 0 N–H and O–H groups in total. The van der Waals surface area contributed by atoms with E-state index in [-0.39, 0.29) is 0 Å². The fourth-order valence-corrected chi connectivity index (χ4v) is 1.76. The highest BCUT2D eigenvalue weighted by atomic mass is 35.5. The molecular weight excluding hydrogens is 224 g/mol. The molecule has 0 unspecified atom stereocenters. The summed E-state index contributed by atoms with van der Waals surface area (Å²) < 4.78 is 1.71. The third-order valence-corrected chi connectivity index (χ3v) is 2.49. The van der Waals surface area contributed by atoms with Crippen LogP contribution in [0, 0.1) is 13.8 Å². The Kier molecular flexibility index (Phi) is 2.92.